The Bertz CT molecular complexity index is 692. The number of nitrogens with two attached hydrogens (primary N) is 1. The molecule has 0 aromatic heterocycles. The summed E-state index contributed by atoms with van der Waals surface area (Å²) in [5.41, 5.74) is 6.60. The highest BCUT2D eigenvalue weighted by molar-refractivity contribution is 9.10. The fraction of sp³-hybridized carbons (Fsp3) is 0.143. The maximum absolute atomic E-state index is 11.0. The van der Waals surface area contributed by atoms with E-state index in [0.717, 1.165) is 10.0 Å². The van der Waals surface area contributed by atoms with E-state index >= 15 is 0 Å². The zero-order valence-electron chi connectivity index (χ0n) is 11.0. The molecule has 0 aliphatic heterocycles. The lowest BCUT2D eigenvalue weighted by Crippen LogP contribution is -2.05. The molecule has 0 unspecified atom stereocenters. The molecule has 0 fully saturated rings. The van der Waals surface area contributed by atoms with Gasteiger partial charge < -0.3 is 10.5 Å². The van der Waals surface area contributed by atoms with Crippen molar-refractivity contribution >= 4 is 33.2 Å². The first kappa shape index (κ1) is 15.8. The van der Waals surface area contributed by atoms with Gasteiger partial charge in [0.05, 0.1) is 4.92 Å². The van der Waals surface area contributed by atoms with Crippen LogP contribution in [0.25, 0.3) is 0 Å². The maximum Gasteiger partial charge on any atom is 0.311 e. The van der Waals surface area contributed by atoms with Gasteiger partial charge in [0.1, 0.15) is 5.75 Å². The third kappa shape index (κ3) is 3.72. The summed E-state index contributed by atoms with van der Waals surface area (Å²) in [6.07, 6.45) is 0. The Labute approximate surface area is 134 Å². The van der Waals surface area contributed by atoms with Crippen LogP contribution < -0.4 is 10.5 Å². The van der Waals surface area contributed by atoms with E-state index in [9.17, 15) is 10.1 Å². The SMILES string of the molecule is C[C@@H](N)c1ccc(Oc2cc(Cl)ccc2[N+](=O)[O-])cc1Br. The maximum atomic E-state index is 11.0. The number of hydrogen-bond donors (Lipinski definition) is 1. The molecule has 0 bridgehead atoms. The highest BCUT2D eigenvalue weighted by atomic mass is 79.9. The van der Waals surface area contributed by atoms with Crippen LogP contribution in [-0.4, -0.2) is 4.92 Å². The smallest absolute Gasteiger partial charge is 0.311 e. The minimum absolute atomic E-state index is 0.0907. The number of rotatable bonds is 4. The van der Waals surface area contributed by atoms with E-state index in [1.54, 1.807) is 18.2 Å². The first-order chi connectivity index (χ1) is 9.88. The molecule has 110 valence electrons. The van der Waals surface area contributed by atoms with E-state index in [1.807, 2.05) is 6.92 Å². The average Bonchev–Trinajstić information content (AvgIpc) is 2.37. The zero-order chi connectivity index (χ0) is 15.6. The Hall–Kier alpha value is -1.63. The lowest BCUT2D eigenvalue weighted by molar-refractivity contribution is -0.385. The summed E-state index contributed by atoms with van der Waals surface area (Å²) >= 11 is 9.26. The van der Waals surface area contributed by atoms with Crippen molar-refractivity contribution in [2.45, 2.75) is 13.0 Å². The second-order valence-corrected chi connectivity index (χ2v) is 5.73. The van der Waals surface area contributed by atoms with Gasteiger partial charge in [0.25, 0.3) is 0 Å². The average molecular weight is 372 g/mol. The molecule has 2 aromatic carbocycles. The molecule has 2 N–H and O–H groups in total. The Kier molecular flexibility index (Phi) is 4.82. The molecule has 0 spiro atoms. The van der Waals surface area contributed by atoms with Crippen molar-refractivity contribution in [1.29, 1.82) is 0 Å². The van der Waals surface area contributed by atoms with Crippen LogP contribution in [0.4, 0.5) is 5.69 Å². The van der Waals surface area contributed by atoms with Crippen LogP contribution in [-0.2, 0) is 0 Å². The summed E-state index contributed by atoms with van der Waals surface area (Å²) in [6, 6.07) is 9.25. The Morgan fingerprint density at radius 2 is 2.05 bits per heavy atom. The minimum atomic E-state index is -0.517. The summed E-state index contributed by atoms with van der Waals surface area (Å²) in [4.78, 5) is 10.5. The molecule has 7 heteroatoms. The molecule has 2 aromatic rings. The van der Waals surface area contributed by atoms with Crippen molar-refractivity contribution in [3.05, 3.63) is 61.6 Å². The monoisotopic (exact) mass is 370 g/mol. The molecule has 21 heavy (non-hydrogen) atoms. The van der Waals surface area contributed by atoms with E-state index in [4.69, 9.17) is 22.1 Å². The fourth-order valence-corrected chi connectivity index (χ4v) is 2.67. The van der Waals surface area contributed by atoms with Crippen molar-refractivity contribution in [1.82, 2.24) is 0 Å². The van der Waals surface area contributed by atoms with Gasteiger partial charge in [-0.15, -0.1) is 0 Å². The molecule has 0 heterocycles. The summed E-state index contributed by atoms with van der Waals surface area (Å²) in [7, 11) is 0. The number of nitro groups is 1. The highest BCUT2D eigenvalue weighted by Crippen LogP contribution is 2.35. The third-order valence-electron chi connectivity index (χ3n) is 2.81. The lowest BCUT2D eigenvalue weighted by Gasteiger charge is -2.11. The lowest BCUT2D eigenvalue weighted by atomic mass is 10.1. The third-order valence-corrected chi connectivity index (χ3v) is 3.73. The van der Waals surface area contributed by atoms with E-state index in [2.05, 4.69) is 15.9 Å². The molecular formula is C14H12BrClN2O3. The fourth-order valence-electron chi connectivity index (χ4n) is 1.79. The number of nitrogens with zero attached hydrogens (tertiary/aromatic N) is 1. The zero-order valence-corrected chi connectivity index (χ0v) is 13.4. The van der Waals surface area contributed by atoms with Gasteiger partial charge in [0.15, 0.2) is 0 Å². The first-order valence-corrected chi connectivity index (χ1v) is 7.22. The topological polar surface area (TPSA) is 78.4 Å². The van der Waals surface area contributed by atoms with Crippen molar-refractivity contribution < 1.29 is 9.66 Å². The molecule has 0 amide bonds. The first-order valence-electron chi connectivity index (χ1n) is 6.05. The second kappa shape index (κ2) is 6.43. The van der Waals surface area contributed by atoms with Gasteiger partial charge in [-0.3, -0.25) is 10.1 Å². The Morgan fingerprint density at radius 3 is 2.62 bits per heavy atom. The highest BCUT2D eigenvalue weighted by Gasteiger charge is 2.17. The summed E-state index contributed by atoms with van der Waals surface area (Å²) in [5, 5.41) is 11.4. The number of benzene rings is 2. The molecule has 1 atom stereocenters. The van der Waals surface area contributed by atoms with Crippen LogP contribution >= 0.6 is 27.5 Å². The predicted molar refractivity (Wildman–Crippen MR) is 84.9 cm³/mol. The molecule has 5 nitrogen and oxygen atoms in total. The second-order valence-electron chi connectivity index (χ2n) is 4.44. The Balaban J connectivity index is 2.36. The molecule has 0 radical (unpaired) electrons. The van der Waals surface area contributed by atoms with Gasteiger partial charge in [-0.1, -0.05) is 33.6 Å². The Morgan fingerprint density at radius 1 is 1.33 bits per heavy atom. The van der Waals surface area contributed by atoms with Crippen LogP contribution in [0.1, 0.15) is 18.5 Å². The summed E-state index contributed by atoms with van der Waals surface area (Å²) in [5.74, 6) is 0.546. The van der Waals surface area contributed by atoms with E-state index in [1.165, 1.54) is 18.2 Å². The minimum Gasteiger partial charge on any atom is -0.450 e. The van der Waals surface area contributed by atoms with Crippen molar-refractivity contribution in [3.8, 4) is 11.5 Å². The number of nitro benzene ring substituents is 1. The predicted octanol–water partition coefficient (Wildman–Crippen LogP) is 4.82. The largest absolute Gasteiger partial charge is 0.450 e. The molecule has 0 saturated carbocycles. The van der Waals surface area contributed by atoms with Crippen molar-refractivity contribution in [3.63, 3.8) is 0 Å². The van der Waals surface area contributed by atoms with E-state index < -0.39 is 4.92 Å². The molecule has 2 rings (SSSR count). The molecule has 0 aliphatic rings. The van der Waals surface area contributed by atoms with Crippen molar-refractivity contribution in [2.24, 2.45) is 5.73 Å². The quantitative estimate of drug-likeness (QED) is 0.617. The van der Waals surface area contributed by atoms with Crippen LogP contribution in [0.5, 0.6) is 11.5 Å². The van der Waals surface area contributed by atoms with Crippen LogP contribution in [0.15, 0.2) is 40.9 Å². The van der Waals surface area contributed by atoms with Crippen molar-refractivity contribution in [2.75, 3.05) is 0 Å². The van der Waals surface area contributed by atoms with Gasteiger partial charge in [-0.25, -0.2) is 0 Å². The van der Waals surface area contributed by atoms with Gasteiger partial charge in [-0.2, -0.15) is 0 Å². The van der Waals surface area contributed by atoms with Gasteiger partial charge >= 0.3 is 5.69 Å². The standard InChI is InChI=1S/C14H12BrClN2O3/c1-8(17)11-4-3-10(7-12(11)15)21-14-6-9(16)2-5-13(14)18(19)20/h2-8H,17H2,1H3/t8-/m1/s1. The number of ether oxygens (including phenoxy) is 1. The molecule has 0 saturated heterocycles. The van der Waals surface area contributed by atoms with Crippen LogP contribution in [0.3, 0.4) is 0 Å². The van der Waals surface area contributed by atoms with Gasteiger partial charge in [0.2, 0.25) is 5.75 Å². The molecule has 0 aliphatic carbocycles. The summed E-state index contributed by atoms with van der Waals surface area (Å²) < 4.78 is 6.35. The van der Waals surface area contributed by atoms with Gasteiger partial charge in [0, 0.05) is 27.7 Å². The summed E-state index contributed by atoms with van der Waals surface area (Å²) in [6.45, 7) is 1.86. The van der Waals surface area contributed by atoms with E-state index in [0.29, 0.717) is 10.8 Å². The number of hydrogen-bond acceptors (Lipinski definition) is 4. The van der Waals surface area contributed by atoms with Crippen LogP contribution in [0.2, 0.25) is 5.02 Å². The molecular weight excluding hydrogens is 360 g/mol. The van der Waals surface area contributed by atoms with E-state index in [-0.39, 0.29) is 17.5 Å². The van der Waals surface area contributed by atoms with Gasteiger partial charge in [-0.05, 0) is 30.7 Å². The van der Waals surface area contributed by atoms with Crippen LogP contribution in [0, 0.1) is 10.1 Å². The number of halogens is 2. The normalized spacial score (nSPS) is 12.0.